The van der Waals surface area contributed by atoms with Gasteiger partial charge in [-0.3, -0.25) is 0 Å². The number of halogens is 1. The summed E-state index contributed by atoms with van der Waals surface area (Å²) in [4.78, 5) is 6.69. The summed E-state index contributed by atoms with van der Waals surface area (Å²) in [5, 5.41) is 4.05. The molecule has 0 radical (unpaired) electrons. The van der Waals surface area contributed by atoms with Crippen molar-refractivity contribution in [2.24, 2.45) is 0 Å². The molecule has 1 aromatic rings. The smallest absolute Gasteiger partial charge is 0.147 e. The molecular formula is C15H26ClN3O. The van der Waals surface area contributed by atoms with Crippen LogP contribution >= 0.6 is 11.6 Å². The highest BCUT2D eigenvalue weighted by atomic mass is 35.5. The van der Waals surface area contributed by atoms with Crippen molar-refractivity contribution in [2.75, 3.05) is 25.2 Å². The molecule has 0 saturated carbocycles. The summed E-state index contributed by atoms with van der Waals surface area (Å²) in [6.07, 6.45) is 1.89. The number of pyridine rings is 1. The molecule has 114 valence electrons. The minimum atomic E-state index is 0.245. The molecule has 1 aromatic heterocycles. The number of rotatable bonds is 8. The first-order chi connectivity index (χ1) is 9.49. The molecule has 0 saturated heterocycles. The Labute approximate surface area is 127 Å². The largest absolute Gasteiger partial charge is 0.383 e. The van der Waals surface area contributed by atoms with Gasteiger partial charge in [-0.05, 0) is 25.5 Å². The van der Waals surface area contributed by atoms with Gasteiger partial charge >= 0.3 is 0 Å². The Hall–Kier alpha value is -0.840. The molecule has 0 aromatic carbocycles. The van der Waals surface area contributed by atoms with Crippen molar-refractivity contribution in [1.29, 1.82) is 0 Å². The van der Waals surface area contributed by atoms with Gasteiger partial charge in [-0.15, -0.1) is 0 Å². The van der Waals surface area contributed by atoms with Gasteiger partial charge in [0.25, 0.3) is 0 Å². The third-order valence-corrected chi connectivity index (χ3v) is 3.42. The maximum Gasteiger partial charge on any atom is 0.147 e. The van der Waals surface area contributed by atoms with Gasteiger partial charge in [0.1, 0.15) is 5.82 Å². The van der Waals surface area contributed by atoms with Crippen molar-refractivity contribution >= 4 is 17.4 Å². The summed E-state index contributed by atoms with van der Waals surface area (Å²) >= 11 is 6.39. The summed E-state index contributed by atoms with van der Waals surface area (Å²) in [6.45, 7) is 10.7. The summed E-state index contributed by atoms with van der Waals surface area (Å²) in [5.41, 5.74) is 1.10. The fraction of sp³-hybridized carbons (Fsp3) is 0.667. The Morgan fingerprint density at radius 2 is 2.10 bits per heavy atom. The number of ether oxygens (including phenoxy) is 1. The van der Waals surface area contributed by atoms with Crippen LogP contribution in [0.15, 0.2) is 12.3 Å². The van der Waals surface area contributed by atoms with E-state index in [9.17, 15) is 0 Å². The van der Waals surface area contributed by atoms with E-state index in [0.717, 1.165) is 24.5 Å². The van der Waals surface area contributed by atoms with E-state index >= 15 is 0 Å². The number of anilines is 1. The van der Waals surface area contributed by atoms with E-state index in [1.54, 1.807) is 7.11 Å². The predicted molar refractivity (Wildman–Crippen MR) is 85.6 cm³/mol. The zero-order valence-corrected chi connectivity index (χ0v) is 13.9. The Kier molecular flexibility index (Phi) is 7.27. The third-order valence-electron chi connectivity index (χ3n) is 3.15. The Morgan fingerprint density at radius 1 is 1.40 bits per heavy atom. The van der Waals surface area contributed by atoms with Crippen LogP contribution in [0.25, 0.3) is 0 Å². The third kappa shape index (κ3) is 4.93. The molecule has 1 rings (SSSR count). The zero-order valence-electron chi connectivity index (χ0n) is 13.1. The van der Waals surface area contributed by atoms with Gasteiger partial charge in [0.15, 0.2) is 0 Å². The normalized spacial score (nSPS) is 12.8. The van der Waals surface area contributed by atoms with Crippen LogP contribution in [0, 0.1) is 0 Å². The van der Waals surface area contributed by atoms with Crippen molar-refractivity contribution in [3.05, 3.63) is 22.8 Å². The second-order valence-electron chi connectivity index (χ2n) is 5.27. The summed E-state index contributed by atoms with van der Waals surface area (Å²) in [5.74, 6) is 0.826. The molecule has 5 heteroatoms. The van der Waals surface area contributed by atoms with Crippen LogP contribution in [-0.2, 0) is 11.3 Å². The van der Waals surface area contributed by atoms with Crippen molar-refractivity contribution in [3.8, 4) is 0 Å². The van der Waals surface area contributed by atoms with E-state index in [4.69, 9.17) is 16.3 Å². The summed E-state index contributed by atoms with van der Waals surface area (Å²) in [6, 6.07) is 2.68. The van der Waals surface area contributed by atoms with Crippen molar-refractivity contribution in [3.63, 3.8) is 0 Å². The maximum absolute atomic E-state index is 6.39. The van der Waals surface area contributed by atoms with Crippen LogP contribution in [0.5, 0.6) is 0 Å². The van der Waals surface area contributed by atoms with E-state index in [1.165, 1.54) is 0 Å². The number of aromatic nitrogens is 1. The molecule has 1 heterocycles. The molecule has 20 heavy (non-hydrogen) atoms. The minimum Gasteiger partial charge on any atom is -0.383 e. The van der Waals surface area contributed by atoms with Crippen LogP contribution in [-0.4, -0.2) is 37.3 Å². The molecule has 0 aliphatic carbocycles. The van der Waals surface area contributed by atoms with E-state index in [-0.39, 0.29) is 6.04 Å². The Balaban J connectivity index is 2.84. The molecule has 0 amide bonds. The number of nitrogens with one attached hydrogen (secondary N) is 1. The van der Waals surface area contributed by atoms with Crippen molar-refractivity contribution < 1.29 is 4.74 Å². The molecule has 0 bridgehead atoms. The van der Waals surface area contributed by atoms with E-state index in [1.807, 2.05) is 12.3 Å². The van der Waals surface area contributed by atoms with E-state index in [2.05, 4.69) is 42.9 Å². The van der Waals surface area contributed by atoms with Gasteiger partial charge in [0, 0.05) is 32.4 Å². The van der Waals surface area contributed by atoms with Gasteiger partial charge in [-0.2, -0.15) is 0 Å². The lowest BCUT2D eigenvalue weighted by molar-refractivity contribution is 0.181. The second-order valence-corrected chi connectivity index (χ2v) is 5.68. The van der Waals surface area contributed by atoms with E-state index in [0.29, 0.717) is 17.7 Å². The SMILES string of the molecule is CCN(c1ncc(CNC(C)C)cc1Cl)C(C)COC. The van der Waals surface area contributed by atoms with Gasteiger partial charge in [-0.1, -0.05) is 25.4 Å². The maximum atomic E-state index is 6.39. The molecular weight excluding hydrogens is 274 g/mol. The average Bonchev–Trinajstić information content (AvgIpc) is 2.39. The molecule has 0 spiro atoms. The Bertz CT molecular complexity index is 412. The van der Waals surface area contributed by atoms with Crippen LogP contribution in [0.3, 0.4) is 0 Å². The fourth-order valence-corrected chi connectivity index (χ4v) is 2.40. The van der Waals surface area contributed by atoms with Gasteiger partial charge in [0.05, 0.1) is 17.7 Å². The molecule has 1 unspecified atom stereocenters. The monoisotopic (exact) mass is 299 g/mol. The van der Waals surface area contributed by atoms with Crippen molar-refractivity contribution in [1.82, 2.24) is 10.3 Å². The lowest BCUT2D eigenvalue weighted by atomic mass is 10.2. The summed E-state index contributed by atoms with van der Waals surface area (Å²) < 4.78 is 5.21. The van der Waals surface area contributed by atoms with Crippen LogP contribution < -0.4 is 10.2 Å². The molecule has 0 aliphatic rings. The highest BCUT2D eigenvalue weighted by Crippen LogP contribution is 2.25. The molecule has 4 nitrogen and oxygen atoms in total. The number of hydrogen-bond donors (Lipinski definition) is 1. The number of hydrogen-bond acceptors (Lipinski definition) is 4. The second kappa shape index (κ2) is 8.45. The van der Waals surface area contributed by atoms with Gasteiger partial charge in [0.2, 0.25) is 0 Å². The first kappa shape index (κ1) is 17.2. The number of methoxy groups -OCH3 is 1. The first-order valence-corrected chi connectivity index (χ1v) is 7.50. The van der Waals surface area contributed by atoms with E-state index < -0.39 is 0 Å². The Morgan fingerprint density at radius 3 is 2.60 bits per heavy atom. The van der Waals surface area contributed by atoms with Crippen LogP contribution in [0.2, 0.25) is 5.02 Å². The lowest BCUT2D eigenvalue weighted by Gasteiger charge is -2.29. The topological polar surface area (TPSA) is 37.4 Å². The lowest BCUT2D eigenvalue weighted by Crippen LogP contribution is -2.37. The van der Waals surface area contributed by atoms with Crippen LogP contribution in [0.4, 0.5) is 5.82 Å². The number of nitrogens with zero attached hydrogens (tertiary/aromatic N) is 2. The minimum absolute atomic E-state index is 0.245. The van der Waals surface area contributed by atoms with Crippen LogP contribution in [0.1, 0.15) is 33.3 Å². The van der Waals surface area contributed by atoms with Gasteiger partial charge < -0.3 is 15.0 Å². The van der Waals surface area contributed by atoms with Crippen molar-refractivity contribution in [2.45, 2.75) is 46.3 Å². The molecule has 1 N–H and O–H groups in total. The quantitative estimate of drug-likeness (QED) is 0.800. The molecule has 0 fully saturated rings. The highest BCUT2D eigenvalue weighted by Gasteiger charge is 2.17. The first-order valence-electron chi connectivity index (χ1n) is 7.12. The number of likely N-dealkylation sites (N-methyl/N-ethyl adjacent to an activating group) is 1. The fourth-order valence-electron chi connectivity index (χ4n) is 2.10. The van der Waals surface area contributed by atoms with Gasteiger partial charge in [-0.25, -0.2) is 4.98 Å². The predicted octanol–water partition coefficient (Wildman–Crippen LogP) is 3.09. The zero-order chi connectivity index (χ0) is 15.1. The molecule has 0 aliphatic heterocycles. The summed E-state index contributed by atoms with van der Waals surface area (Å²) in [7, 11) is 1.71. The highest BCUT2D eigenvalue weighted by molar-refractivity contribution is 6.33. The average molecular weight is 300 g/mol. The molecule has 1 atom stereocenters. The standard InChI is InChI=1S/C15H26ClN3O/c1-6-19(12(4)10-20-5)15-14(16)7-13(9-18-15)8-17-11(2)3/h7,9,11-12,17H,6,8,10H2,1-5H3.